The lowest BCUT2D eigenvalue weighted by molar-refractivity contribution is -0.137. The van der Waals surface area contributed by atoms with Gasteiger partial charge in [0.05, 0.1) is 22.0 Å². The highest BCUT2D eigenvalue weighted by Gasteiger charge is 2.42. The molecule has 2 aromatic rings. The second kappa shape index (κ2) is 10.7. The van der Waals surface area contributed by atoms with E-state index in [1.165, 1.54) is 18.2 Å². The maximum Gasteiger partial charge on any atom is 0.417 e. The number of pyridine rings is 1. The van der Waals surface area contributed by atoms with Crippen molar-refractivity contribution in [1.29, 1.82) is 0 Å². The van der Waals surface area contributed by atoms with Crippen LogP contribution in [0.5, 0.6) is 0 Å². The largest absolute Gasteiger partial charge is 0.417 e. The normalized spacial score (nSPS) is 25.5. The zero-order valence-electron chi connectivity index (χ0n) is 20.1. The zero-order valence-corrected chi connectivity index (χ0v) is 21.7. The van der Waals surface area contributed by atoms with E-state index < -0.39 is 34.7 Å². The van der Waals surface area contributed by atoms with E-state index in [2.05, 4.69) is 10.3 Å². The van der Waals surface area contributed by atoms with Crippen molar-refractivity contribution in [3.05, 3.63) is 52.4 Å². The average molecular weight is 563 g/mol. The molecule has 1 amide bonds. The minimum Gasteiger partial charge on any atom is -0.371 e. The third kappa shape index (κ3) is 6.01. The van der Waals surface area contributed by atoms with Crippen LogP contribution in [0.4, 0.5) is 29.1 Å². The van der Waals surface area contributed by atoms with E-state index in [0.29, 0.717) is 31.4 Å². The number of likely N-dealkylation sites (tertiary alicyclic amines) is 1. The Morgan fingerprint density at radius 3 is 2.46 bits per heavy atom. The van der Waals surface area contributed by atoms with Gasteiger partial charge in [-0.05, 0) is 56.9 Å². The number of hydrogen-bond donors (Lipinski definition) is 2. The monoisotopic (exact) mass is 562 g/mol. The average Bonchev–Trinajstić information content (AvgIpc) is 3.15. The van der Waals surface area contributed by atoms with Crippen molar-refractivity contribution in [2.45, 2.75) is 69.2 Å². The van der Waals surface area contributed by atoms with Gasteiger partial charge in [-0.1, -0.05) is 17.7 Å². The quantitative estimate of drug-likeness (QED) is 0.378. The Labute approximate surface area is 219 Å². The van der Waals surface area contributed by atoms with Crippen LogP contribution in [0.3, 0.4) is 0 Å². The first-order valence-electron chi connectivity index (χ1n) is 11.8. The molecule has 2 saturated heterocycles. The summed E-state index contributed by atoms with van der Waals surface area (Å²) in [6.07, 6.45) is -2.13. The summed E-state index contributed by atoms with van der Waals surface area (Å²) in [5, 5.41) is 2.88. The molecule has 7 nitrogen and oxygen atoms in total. The number of amides is 1. The molecule has 1 aromatic heterocycles. The minimum atomic E-state index is -4.54. The van der Waals surface area contributed by atoms with Crippen molar-refractivity contribution >= 4 is 40.1 Å². The number of nitrogens with one attached hydrogen (secondary N) is 1. The van der Waals surface area contributed by atoms with Gasteiger partial charge in [0.25, 0.3) is 0 Å². The molecular weight excluding hydrogens is 536 g/mol. The van der Waals surface area contributed by atoms with Gasteiger partial charge in [0.2, 0.25) is 5.91 Å². The van der Waals surface area contributed by atoms with E-state index in [1.54, 1.807) is 4.90 Å². The number of carbonyl (C=O) groups is 1. The minimum absolute atomic E-state index is 0.0771. The summed E-state index contributed by atoms with van der Waals surface area (Å²) in [7, 11) is 0. The number of piperidine rings is 1. The number of hydrogen-bond acceptors (Lipinski definition) is 5. The van der Waals surface area contributed by atoms with Gasteiger partial charge in [-0.15, -0.1) is 0 Å². The predicted octanol–water partition coefficient (Wildman–Crippen LogP) is 5.07. The molecule has 0 spiro atoms. The summed E-state index contributed by atoms with van der Waals surface area (Å²) in [4.78, 5) is 20.9. The molecule has 0 saturated carbocycles. The van der Waals surface area contributed by atoms with Crippen molar-refractivity contribution in [1.82, 2.24) is 9.88 Å². The molecule has 0 bridgehead atoms. The molecule has 2 N–H and O–H groups in total. The summed E-state index contributed by atoms with van der Waals surface area (Å²) in [6.45, 7) is 4.33. The Bertz CT molecular complexity index is 1190. The van der Waals surface area contributed by atoms with Crippen LogP contribution in [0.1, 0.15) is 44.2 Å². The van der Waals surface area contributed by atoms with Crippen LogP contribution in [0.2, 0.25) is 5.02 Å². The number of alkyl halides is 3. The van der Waals surface area contributed by atoms with Gasteiger partial charge in [0.1, 0.15) is 17.7 Å². The third-order valence-corrected chi connectivity index (χ3v) is 7.76. The molecule has 4 rings (SSSR count). The molecule has 13 heteroatoms. The number of nitrogens with zero attached hydrogens (tertiary/aromatic N) is 3. The first kappa shape index (κ1) is 27.6. The molecule has 0 radical (unpaired) electrons. The number of benzene rings is 1. The molecule has 2 aliphatic rings. The summed E-state index contributed by atoms with van der Waals surface area (Å²) in [5.74, 6) is -0.659. The van der Waals surface area contributed by atoms with Crippen molar-refractivity contribution < 1.29 is 31.1 Å². The van der Waals surface area contributed by atoms with Gasteiger partial charge >= 0.3 is 6.18 Å². The van der Waals surface area contributed by atoms with E-state index in [0.717, 1.165) is 12.3 Å². The van der Waals surface area contributed by atoms with E-state index in [-0.39, 0.29) is 46.3 Å². The number of anilines is 2. The van der Waals surface area contributed by atoms with Crippen LogP contribution in [-0.2, 0) is 27.8 Å². The molecule has 202 valence electrons. The van der Waals surface area contributed by atoms with Crippen LogP contribution in [0.25, 0.3) is 0 Å². The topological polar surface area (TPSA) is 85.8 Å². The first-order chi connectivity index (χ1) is 17.3. The molecule has 3 heterocycles. The van der Waals surface area contributed by atoms with Crippen LogP contribution in [-0.4, -0.2) is 55.3 Å². The van der Waals surface area contributed by atoms with E-state index in [1.807, 2.05) is 18.7 Å². The third-order valence-electron chi connectivity index (χ3n) is 6.90. The van der Waals surface area contributed by atoms with Gasteiger partial charge < -0.3 is 19.7 Å². The van der Waals surface area contributed by atoms with Crippen molar-refractivity contribution in [3.8, 4) is 0 Å². The van der Waals surface area contributed by atoms with Crippen molar-refractivity contribution in [3.63, 3.8) is 0 Å². The number of aromatic nitrogens is 1. The fourth-order valence-corrected chi connectivity index (χ4v) is 6.02. The maximum atomic E-state index is 14.5. The van der Waals surface area contributed by atoms with Gasteiger partial charge in [0, 0.05) is 30.9 Å². The molecule has 4 atom stereocenters. The van der Waals surface area contributed by atoms with Gasteiger partial charge in [-0.3, -0.25) is 4.79 Å². The highest BCUT2D eigenvalue weighted by Crippen LogP contribution is 2.38. The summed E-state index contributed by atoms with van der Waals surface area (Å²) in [5.41, 5.74) is -0.389. The van der Waals surface area contributed by atoms with Crippen LogP contribution in [0.15, 0.2) is 30.5 Å². The second-order valence-electron chi connectivity index (χ2n) is 9.55. The lowest BCUT2D eigenvalue weighted by Crippen LogP contribution is -2.54. The first-order valence-corrected chi connectivity index (χ1v) is 13.4. The van der Waals surface area contributed by atoms with E-state index >= 15 is 0 Å². The molecular formula is C24H27ClF4N4O3S. The van der Waals surface area contributed by atoms with Crippen molar-refractivity contribution in [2.24, 2.45) is 0 Å². The van der Waals surface area contributed by atoms with E-state index in [4.69, 9.17) is 16.2 Å². The molecule has 1 aromatic carbocycles. The Balaban J connectivity index is 1.42. The molecule has 3 unspecified atom stereocenters. The maximum absolute atomic E-state index is 14.5. The number of halogens is 5. The fraction of sp³-hybridized carbons (Fsp3) is 0.500. The van der Waals surface area contributed by atoms with E-state index in [9.17, 15) is 26.6 Å². The van der Waals surface area contributed by atoms with Crippen LogP contribution >= 0.6 is 11.6 Å². The highest BCUT2D eigenvalue weighted by atomic mass is 35.5. The lowest BCUT2D eigenvalue weighted by Gasteiger charge is -2.46. The Kier molecular flexibility index (Phi) is 8.01. The highest BCUT2D eigenvalue weighted by molar-refractivity contribution is 7.78. The van der Waals surface area contributed by atoms with Crippen LogP contribution in [0, 0.1) is 5.82 Å². The van der Waals surface area contributed by atoms with Gasteiger partial charge in [0.15, 0.2) is 11.1 Å². The summed E-state index contributed by atoms with van der Waals surface area (Å²) < 4.78 is 73.5. The second-order valence-corrected chi connectivity index (χ2v) is 10.9. The molecule has 0 aliphatic carbocycles. The van der Waals surface area contributed by atoms with Crippen molar-refractivity contribution in [2.75, 3.05) is 16.8 Å². The zero-order chi connectivity index (χ0) is 27.1. The molecule has 2 aliphatic heterocycles. The Morgan fingerprint density at radius 1 is 1.22 bits per heavy atom. The molecule has 2 fully saturated rings. The SMILES string of the molecule is CC1CC(N2CC[C@H](Nc3ccc(CS(=O)O)cc3F)C2=O)CC(C)N1c1ncc(C(F)(F)F)cc1Cl. The molecule has 37 heavy (non-hydrogen) atoms. The summed E-state index contributed by atoms with van der Waals surface area (Å²) >= 11 is 4.11. The smallest absolute Gasteiger partial charge is 0.371 e. The summed E-state index contributed by atoms with van der Waals surface area (Å²) in [6, 6.07) is 4.06. The lowest BCUT2D eigenvalue weighted by atomic mass is 9.91. The Morgan fingerprint density at radius 2 is 1.89 bits per heavy atom. The fourth-order valence-electron chi connectivity index (χ4n) is 5.29. The predicted molar refractivity (Wildman–Crippen MR) is 133 cm³/mol. The standard InChI is InChI=1S/C24H27ClF4N4O3S/c1-13-7-17(8-14(2)33(13)22-18(25)10-16(11-30-22)24(27,28)29)32-6-5-21(23(32)34)31-20-4-3-15(9-19(20)26)12-37(35)36/h3-4,9-11,13-14,17,21,31H,5-8,12H2,1-2H3,(H,35,36)/t13?,14?,17?,21-/m0/s1. The van der Waals surface area contributed by atoms with Gasteiger partial charge in [-0.25, -0.2) is 13.6 Å². The van der Waals surface area contributed by atoms with Crippen LogP contribution < -0.4 is 10.2 Å². The number of rotatable bonds is 6. The Hall–Kier alpha value is -2.44. The number of carbonyl (C=O) groups excluding carboxylic acids is 1. The van der Waals surface area contributed by atoms with Gasteiger partial charge in [-0.2, -0.15) is 13.2 Å².